The molecule has 0 bridgehead atoms. The molecule has 29 heavy (non-hydrogen) atoms. The van der Waals surface area contributed by atoms with Crippen molar-refractivity contribution in [1.82, 2.24) is 20.6 Å². The van der Waals surface area contributed by atoms with E-state index < -0.39 is 30.9 Å². The Morgan fingerprint density at radius 1 is 1.10 bits per heavy atom. The van der Waals surface area contributed by atoms with Crippen molar-refractivity contribution in [2.24, 2.45) is 5.92 Å². The average molecular weight is 398 g/mol. The molecule has 2 atom stereocenters. The highest BCUT2D eigenvalue weighted by atomic mass is 16.4. The molecule has 0 aliphatic heterocycles. The fourth-order valence-electron chi connectivity index (χ4n) is 2.91. The first-order valence-electron chi connectivity index (χ1n) is 9.56. The standard InChI is InChI=1S/C20H27BN4O4/c1-13(2)9-18(21(28)29)25-19(26)16(10-15-7-5-4-6-8-15)24-20(27)17-12-22-11-14(3)23-17/h4-8,11-13,16,18,28-29H,9-10H2,1-3H3,(H,24,27)(H,25,26)/t16?,18-/m0/s1. The van der Waals surface area contributed by atoms with Crippen LogP contribution in [-0.4, -0.2) is 50.9 Å². The lowest BCUT2D eigenvalue weighted by Gasteiger charge is -2.24. The number of aryl methyl sites for hydroxylation is 1. The minimum Gasteiger partial charge on any atom is -0.426 e. The van der Waals surface area contributed by atoms with E-state index >= 15 is 0 Å². The zero-order valence-corrected chi connectivity index (χ0v) is 16.9. The van der Waals surface area contributed by atoms with Crippen LogP contribution in [0.3, 0.4) is 0 Å². The third kappa shape index (κ3) is 7.28. The van der Waals surface area contributed by atoms with Gasteiger partial charge in [0.05, 0.1) is 17.8 Å². The lowest BCUT2D eigenvalue weighted by molar-refractivity contribution is -0.123. The predicted molar refractivity (Wildman–Crippen MR) is 110 cm³/mol. The van der Waals surface area contributed by atoms with Gasteiger partial charge in [-0.15, -0.1) is 0 Å². The normalized spacial score (nSPS) is 12.9. The number of benzene rings is 1. The molecule has 0 radical (unpaired) electrons. The Kier molecular flexibility index (Phi) is 8.29. The highest BCUT2D eigenvalue weighted by Crippen LogP contribution is 2.09. The first kappa shape index (κ1) is 22.5. The second-order valence-electron chi connectivity index (χ2n) is 7.42. The summed E-state index contributed by atoms with van der Waals surface area (Å²) in [6, 6.07) is 8.34. The SMILES string of the molecule is Cc1cncc(C(=O)NC(Cc2ccccc2)C(=O)N[C@@H](CC(C)C)B(O)O)n1. The number of nitrogens with zero attached hydrogens (tertiary/aromatic N) is 2. The van der Waals surface area contributed by atoms with E-state index in [2.05, 4.69) is 20.6 Å². The number of hydrogen-bond donors (Lipinski definition) is 4. The van der Waals surface area contributed by atoms with Gasteiger partial charge < -0.3 is 20.7 Å². The highest BCUT2D eigenvalue weighted by Gasteiger charge is 2.30. The number of amides is 2. The summed E-state index contributed by atoms with van der Waals surface area (Å²) in [5, 5.41) is 24.6. The van der Waals surface area contributed by atoms with E-state index in [9.17, 15) is 19.6 Å². The Hall–Kier alpha value is -2.78. The van der Waals surface area contributed by atoms with E-state index in [-0.39, 0.29) is 18.0 Å². The Balaban J connectivity index is 2.19. The third-order valence-corrected chi connectivity index (χ3v) is 4.30. The number of rotatable bonds is 9. The van der Waals surface area contributed by atoms with Crippen LogP contribution in [0.1, 0.15) is 42.0 Å². The summed E-state index contributed by atoms with van der Waals surface area (Å²) in [5.74, 6) is -1.72. The molecular weight excluding hydrogens is 371 g/mol. The first-order valence-corrected chi connectivity index (χ1v) is 9.56. The van der Waals surface area contributed by atoms with Crippen LogP contribution in [0.2, 0.25) is 0 Å². The molecule has 154 valence electrons. The fourth-order valence-corrected chi connectivity index (χ4v) is 2.91. The van der Waals surface area contributed by atoms with E-state index in [0.29, 0.717) is 12.1 Å². The molecule has 0 spiro atoms. The maximum absolute atomic E-state index is 12.9. The Bertz CT molecular complexity index is 817. The van der Waals surface area contributed by atoms with Crippen molar-refractivity contribution < 1.29 is 19.6 Å². The summed E-state index contributed by atoms with van der Waals surface area (Å²) in [6.07, 6.45) is 3.50. The van der Waals surface area contributed by atoms with Crippen molar-refractivity contribution in [3.8, 4) is 0 Å². The minimum atomic E-state index is -1.70. The minimum absolute atomic E-state index is 0.108. The van der Waals surface area contributed by atoms with E-state index in [1.54, 1.807) is 6.92 Å². The number of aromatic nitrogens is 2. The van der Waals surface area contributed by atoms with Crippen molar-refractivity contribution in [2.45, 2.75) is 45.6 Å². The second kappa shape index (κ2) is 10.7. The molecule has 1 heterocycles. The lowest BCUT2D eigenvalue weighted by atomic mass is 9.75. The van der Waals surface area contributed by atoms with Crippen LogP contribution in [0.5, 0.6) is 0 Å². The molecule has 0 aliphatic rings. The van der Waals surface area contributed by atoms with E-state index in [1.807, 2.05) is 44.2 Å². The summed E-state index contributed by atoms with van der Waals surface area (Å²) in [5.41, 5.74) is 1.55. The maximum atomic E-state index is 12.9. The van der Waals surface area contributed by atoms with Crippen molar-refractivity contribution in [2.75, 3.05) is 0 Å². The number of nitrogens with one attached hydrogen (secondary N) is 2. The lowest BCUT2D eigenvalue weighted by Crippen LogP contribution is -2.55. The topological polar surface area (TPSA) is 124 Å². The predicted octanol–water partition coefficient (Wildman–Crippen LogP) is 0.669. The van der Waals surface area contributed by atoms with Crippen molar-refractivity contribution in [3.05, 3.63) is 59.7 Å². The van der Waals surface area contributed by atoms with Crippen LogP contribution in [0.25, 0.3) is 0 Å². The molecule has 0 aliphatic carbocycles. The van der Waals surface area contributed by atoms with Crippen LogP contribution in [0, 0.1) is 12.8 Å². The average Bonchev–Trinajstić information content (AvgIpc) is 2.67. The van der Waals surface area contributed by atoms with Crippen LogP contribution in [-0.2, 0) is 11.2 Å². The molecule has 0 fully saturated rings. The molecule has 2 aromatic rings. The molecule has 4 N–H and O–H groups in total. The fraction of sp³-hybridized carbons (Fsp3) is 0.400. The van der Waals surface area contributed by atoms with Crippen LogP contribution >= 0.6 is 0 Å². The molecular formula is C20H27BN4O4. The number of carbonyl (C=O) groups excluding carboxylic acids is 2. The molecule has 1 unspecified atom stereocenters. The maximum Gasteiger partial charge on any atom is 0.475 e. The van der Waals surface area contributed by atoms with Crippen LogP contribution in [0.15, 0.2) is 42.7 Å². The van der Waals surface area contributed by atoms with E-state index in [4.69, 9.17) is 0 Å². The zero-order chi connectivity index (χ0) is 21.4. The first-order chi connectivity index (χ1) is 13.8. The van der Waals surface area contributed by atoms with Gasteiger partial charge in [-0.1, -0.05) is 44.2 Å². The molecule has 0 saturated carbocycles. The number of carbonyl (C=O) groups is 2. The van der Waals surface area contributed by atoms with Gasteiger partial charge in [-0.05, 0) is 24.8 Å². The summed E-state index contributed by atoms with van der Waals surface area (Å²) in [6.45, 7) is 5.55. The van der Waals surface area contributed by atoms with E-state index in [1.165, 1.54) is 12.4 Å². The summed E-state index contributed by atoms with van der Waals surface area (Å²) in [4.78, 5) is 33.6. The summed E-state index contributed by atoms with van der Waals surface area (Å²) in [7, 11) is -1.70. The Labute approximate surface area is 170 Å². The smallest absolute Gasteiger partial charge is 0.426 e. The monoisotopic (exact) mass is 398 g/mol. The van der Waals surface area contributed by atoms with Gasteiger partial charge >= 0.3 is 7.12 Å². The molecule has 1 aromatic carbocycles. The van der Waals surface area contributed by atoms with Crippen molar-refractivity contribution >= 4 is 18.9 Å². The Morgan fingerprint density at radius 3 is 2.38 bits per heavy atom. The second-order valence-corrected chi connectivity index (χ2v) is 7.42. The van der Waals surface area contributed by atoms with Crippen molar-refractivity contribution in [3.63, 3.8) is 0 Å². The highest BCUT2D eigenvalue weighted by molar-refractivity contribution is 6.43. The van der Waals surface area contributed by atoms with Gasteiger partial charge in [0.2, 0.25) is 5.91 Å². The van der Waals surface area contributed by atoms with Gasteiger partial charge in [-0.25, -0.2) is 4.98 Å². The van der Waals surface area contributed by atoms with Crippen molar-refractivity contribution in [1.29, 1.82) is 0 Å². The zero-order valence-electron chi connectivity index (χ0n) is 16.9. The van der Waals surface area contributed by atoms with Crippen LogP contribution < -0.4 is 10.6 Å². The largest absolute Gasteiger partial charge is 0.475 e. The molecule has 2 amide bonds. The van der Waals surface area contributed by atoms with Gasteiger partial charge in [0.15, 0.2) is 0 Å². The molecule has 9 heteroatoms. The van der Waals surface area contributed by atoms with Gasteiger partial charge in [0.25, 0.3) is 5.91 Å². The quantitative estimate of drug-likeness (QED) is 0.461. The third-order valence-electron chi connectivity index (χ3n) is 4.30. The van der Waals surface area contributed by atoms with Gasteiger partial charge in [0.1, 0.15) is 11.7 Å². The summed E-state index contributed by atoms with van der Waals surface area (Å²) >= 11 is 0. The van der Waals surface area contributed by atoms with Gasteiger partial charge in [-0.2, -0.15) is 0 Å². The Morgan fingerprint density at radius 2 is 1.79 bits per heavy atom. The van der Waals surface area contributed by atoms with Crippen LogP contribution in [0.4, 0.5) is 0 Å². The number of hydrogen-bond acceptors (Lipinski definition) is 6. The molecule has 2 rings (SSSR count). The molecule has 0 saturated heterocycles. The molecule has 1 aromatic heterocycles. The molecule has 8 nitrogen and oxygen atoms in total. The van der Waals surface area contributed by atoms with Gasteiger partial charge in [-0.3, -0.25) is 14.6 Å². The van der Waals surface area contributed by atoms with E-state index in [0.717, 1.165) is 5.56 Å². The summed E-state index contributed by atoms with van der Waals surface area (Å²) < 4.78 is 0. The van der Waals surface area contributed by atoms with Gasteiger partial charge in [0, 0.05) is 12.6 Å².